The topological polar surface area (TPSA) is 24.1 Å². The van der Waals surface area contributed by atoms with E-state index < -0.39 is 0 Å². The van der Waals surface area contributed by atoms with E-state index in [0.717, 1.165) is 12.5 Å². The first-order valence-corrected chi connectivity index (χ1v) is 4.95. The first kappa shape index (κ1) is 8.73. The molecule has 0 spiro atoms. The highest BCUT2D eigenvalue weighted by Gasteiger charge is 2.25. The van der Waals surface area contributed by atoms with Gasteiger partial charge in [0.25, 0.3) is 0 Å². The third-order valence-electron chi connectivity index (χ3n) is 2.78. The maximum absolute atomic E-state index is 3.32. The Labute approximate surface area is 79.3 Å². The van der Waals surface area contributed by atoms with E-state index in [1.807, 2.05) is 0 Å². The molecule has 0 aromatic heterocycles. The van der Waals surface area contributed by atoms with Crippen LogP contribution < -0.4 is 10.9 Å². The van der Waals surface area contributed by atoms with Gasteiger partial charge in [0.05, 0.1) is 6.04 Å². The maximum Gasteiger partial charge on any atom is 0.0503 e. The van der Waals surface area contributed by atoms with E-state index in [2.05, 4.69) is 48.1 Å². The summed E-state index contributed by atoms with van der Waals surface area (Å²) >= 11 is 0. The summed E-state index contributed by atoms with van der Waals surface area (Å²) in [5, 5.41) is 0. The summed E-state index contributed by atoms with van der Waals surface area (Å²) in [6, 6.07) is 11.1. The van der Waals surface area contributed by atoms with Gasteiger partial charge in [-0.3, -0.25) is 5.43 Å². The van der Waals surface area contributed by atoms with Crippen molar-refractivity contribution in [3.63, 3.8) is 0 Å². The molecular formula is C11H16N2. The summed E-state index contributed by atoms with van der Waals surface area (Å²) in [5.74, 6) is 0.724. The zero-order valence-electron chi connectivity index (χ0n) is 7.96. The fraction of sp³-hybridized carbons (Fsp3) is 0.455. The Kier molecular flexibility index (Phi) is 2.62. The Hall–Kier alpha value is -0.860. The molecule has 2 atom stereocenters. The van der Waals surface area contributed by atoms with Crippen molar-refractivity contribution in [3.8, 4) is 0 Å². The lowest BCUT2D eigenvalue weighted by Crippen LogP contribution is -2.24. The van der Waals surface area contributed by atoms with Crippen LogP contribution in [0.3, 0.4) is 0 Å². The van der Waals surface area contributed by atoms with Crippen molar-refractivity contribution in [1.29, 1.82) is 0 Å². The van der Waals surface area contributed by atoms with Gasteiger partial charge < -0.3 is 0 Å². The lowest BCUT2D eigenvalue weighted by Gasteiger charge is -2.16. The SMILES string of the molecule is CCC1CNNC1c1ccccc1. The van der Waals surface area contributed by atoms with Gasteiger partial charge in [0.15, 0.2) is 0 Å². The molecule has 1 saturated heterocycles. The van der Waals surface area contributed by atoms with Crippen molar-refractivity contribution >= 4 is 0 Å². The zero-order valence-corrected chi connectivity index (χ0v) is 7.96. The molecule has 2 heteroatoms. The number of rotatable bonds is 2. The van der Waals surface area contributed by atoms with E-state index in [9.17, 15) is 0 Å². The molecule has 1 aliphatic rings. The summed E-state index contributed by atoms with van der Waals surface area (Å²) in [4.78, 5) is 0. The quantitative estimate of drug-likeness (QED) is 0.718. The molecule has 1 aromatic carbocycles. The smallest absolute Gasteiger partial charge is 0.0503 e. The highest BCUT2D eigenvalue weighted by molar-refractivity contribution is 5.20. The standard InChI is InChI=1S/C11H16N2/c1-2-9-8-12-13-11(9)10-6-4-3-5-7-10/h3-7,9,11-13H,2,8H2,1H3. The molecule has 1 aromatic rings. The molecule has 1 aliphatic heterocycles. The van der Waals surface area contributed by atoms with Gasteiger partial charge in [-0.25, -0.2) is 5.43 Å². The molecule has 0 bridgehead atoms. The van der Waals surface area contributed by atoms with Gasteiger partial charge in [0.1, 0.15) is 0 Å². The van der Waals surface area contributed by atoms with Crippen molar-refractivity contribution in [1.82, 2.24) is 10.9 Å². The summed E-state index contributed by atoms with van der Waals surface area (Å²) in [5.41, 5.74) is 7.93. The molecule has 0 radical (unpaired) electrons. The number of hydrogen-bond acceptors (Lipinski definition) is 2. The Morgan fingerprint density at radius 3 is 2.77 bits per heavy atom. The van der Waals surface area contributed by atoms with E-state index >= 15 is 0 Å². The van der Waals surface area contributed by atoms with Gasteiger partial charge in [-0.2, -0.15) is 0 Å². The van der Waals surface area contributed by atoms with Crippen LogP contribution >= 0.6 is 0 Å². The van der Waals surface area contributed by atoms with E-state index in [-0.39, 0.29) is 0 Å². The van der Waals surface area contributed by atoms with Crippen LogP contribution in [0.4, 0.5) is 0 Å². The largest absolute Gasteiger partial charge is 0.257 e. The van der Waals surface area contributed by atoms with E-state index in [4.69, 9.17) is 0 Å². The second-order valence-electron chi connectivity index (χ2n) is 3.58. The molecule has 2 unspecified atom stereocenters. The van der Waals surface area contributed by atoms with Crippen LogP contribution in [-0.4, -0.2) is 6.54 Å². The first-order valence-electron chi connectivity index (χ1n) is 4.95. The fourth-order valence-electron chi connectivity index (χ4n) is 1.93. The highest BCUT2D eigenvalue weighted by atomic mass is 15.4. The van der Waals surface area contributed by atoms with Crippen molar-refractivity contribution in [2.45, 2.75) is 19.4 Å². The van der Waals surface area contributed by atoms with Gasteiger partial charge in [-0.1, -0.05) is 43.7 Å². The molecule has 2 N–H and O–H groups in total. The van der Waals surface area contributed by atoms with Crippen LogP contribution in [0.15, 0.2) is 30.3 Å². The van der Waals surface area contributed by atoms with Crippen molar-refractivity contribution in [2.75, 3.05) is 6.54 Å². The first-order chi connectivity index (χ1) is 6.42. The lowest BCUT2D eigenvalue weighted by atomic mass is 9.93. The molecule has 0 saturated carbocycles. The van der Waals surface area contributed by atoms with E-state index in [1.165, 1.54) is 12.0 Å². The van der Waals surface area contributed by atoms with Crippen LogP contribution in [0.5, 0.6) is 0 Å². The van der Waals surface area contributed by atoms with Crippen molar-refractivity contribution in [2.24, 2.45) is 5.92 Å². The molecular weight excluding hydrogens is 160 g/mol. The van der Waals surface area contributed by atoms with Gasteiger partial charge >= 0.3 is 0 Å². The predicted molar refractivity (Wildman–Crippen MR) is 54.1 cm³/mol. The molecule has 70 valence electrons. The Balaban J connectivity index is 2.16. The normalized spacial score (nSPS) is 27.8. The second kappa shape index (κ2) is 3.90. The van der Waals surface area contributed by atoms with Gasteiger partial charge in [-0.15, -0.1) is 0 Å². The van der Waals surface area contributed by atoms with Crippen LogP contribution in [-0.2, 0) is 0 Å². The maximum atomic E-state index is 3.32. The zero-order chi connectivity index (χ0) is 9.10. The van der Waals surface area contributed by atoms with Crippen LogP contribution in [0.2, 0.25) is 0 Å². The Morgan fingerprint density at radius 1 is 1.31 bits per heavy atom. The summed E-state index contributed by atoms with van der Waals surface area (Å²) in [7, 11) is 0. The average Bonchev–Trinajstić information content (AvgIpc) is 2.67. The summed E-state index contributed by atoms with van der Waals surface area (Å²) < 4.78 is 0. The molecule has 0 aliphatic carbocycles. The number of hydrazine groups is 1. The number of benzene rings is 1. The minimum absolute atomic E-state index is 0.492. The molecule has 1 heterocycles. The molecule has 13 heavy (non-hydrogen) atoms. The minimum Gasteiger partial charge on any atom is -0.257 e. The second-order valence-corrected chi connectivity index (χ2v) is 3.58. The van der Waals surface area contributed by atoms with Crippen LogP contribution in [0.1, 0.15) is 24.9 Å². The monoisotopic (exact) mass is 176 g/mol. The van der Waals surface area contributed by atoms with Crippen LogP contribution in [0.25, 0.3) is 0 Å². The van der Waals surface area contributed by atoms with Crippen LogP contribution in [0, 0.1) is 5.92 Å². The van der Waals surface area contributed by atoms with Gasteiger partial charge in [0, 0.05) is 6.54 Å². The fourth-order valence-corrected chi connectivity index (χ4v) is 1.93. The molecule has 2 nitrogen and oxygen atoms in total. The van der Waals surface area contributed by atoms with E-state index in [1.54, 1.807) is 0 Å². The highest BCUT2D eigenvalue weighted by Crippen LogP contribution is 2.26. The van der Waals surface area contributed by atoms with Gasteiger partial charge in [-0.05, 0) is 11.5 Å². The minimum atomic E-state index is 0.492. The molecule has 1 fully saturated rings. The third kappa shape index (κ3) is 1.74. The van der Waals surface area contributed by atoms with Crippen molar-refractivity contribution < 1.29 is 0 Å². The van der Waals surface area contributed by atoms with Gasteiger partial charge in [0.2, 0.25) is 0 Å². The molecule has 0 amide bonds. The average molecular weight is 176 g/mol. The summed E-state index contributed by atoms with van der Waals surface area (Å²) in [6.45, 7) is 3.32. The summed E-state index contributed by atoms with van der Waals surface area (Å²) in [6.07, 6.45) is 1.22. The Morgan fingerprint density at radius 2 is 2.08 bits per heavy atom. The predicted octanol–water partition coefficient (Wildman–Crippen LogP) is 1.86. The molecule has 2 rings (SSSR count). The third-order valence-corrected chi connectivity index (χ3v) is 2.78. The van der Waals surface area contributed by atoms with Crippen molar-refractivity contribution in [3.05, 3.63) is 35.9 Å². The lowest BCUT2D eigenvalue weighted by molar-refractivity contribution is 0.463. The van der Waals surface area contributed by atoms with E-state index in [0.29, 0.717) is 6.04 Å². The number of hydrogen-bond donors (Lipinski definition) is 2. The Bertz CT molecular complexity index is 258. The number of nitrogens with one attached hydrogen (secondary N) is 2.